The predicted molar refractivity (Wildman–Crippen MR) is 221 cm³/mol. The first-order chi connectivity index (χ1) is 26.7. The molecule has 0 amide bonds. The van der Waals surface area contributed by atoms with E-state index in [1.807, 2.05) is 24.5 Å². The molecule has 0 radical (unpaired) electrons. The summed E-state index contributed by atoms with van der Waals surface area (Å²) in [6, 6.07) is 60.9. The Morgan fingerprint density at radius 3 is 1.09 bits per heavy atom. The fourth-order valence-electron chi connectivity index (χ4n) is 7.31. The van der Waals surface area contributed by atoms with Gasteiger partial charge in [0.2, 0.25) is 0 Å². The maximum atomic E-state index is 5.06. The monoisotopic (exact) mass is 689 g/mol. The Labute approximate surface area is 312 Å². The number of hydrogen-bond acceptors (Lipinski definition) is 5. The lowest BCUT2D eigenvalue weighted by atomic mass is 9.97. The Morgan fingerprint density at radius 2 is 0.611 bits per heavy atom. The molecule has 0 saturated heterocycles. The highest BCUT2D eigenvalue weighted by Crippen LogP contribution is 2.34. The number of benzene rings is 7. The van der Waals surface area contributed by atoms with Crippen LogP contribution in [0.2, 0.25) is 0 Å². The van der Waals surface area contributed by atoms with E-state index in [9.17, 15) is 0 Å². The molecule has 3 heterocycles. The summed E-state index contributed by atoms with van der Waals surface area (Å²) in [5.41, 5.74) is 11.4. The van der Waals surface area contributed by atoms with Gasteiger partial charge in [0.05, 0.1) is 11.0 Å². The summed E-state index contributed by atoms with van der Waals surface area (Å²) in [7, 11) is 0. The van der Waals surface area contributed by atoms with Gasteiger partial charge in [0.25, 0.3) is 0 Å². The SMILES string of the molecule is c1ccc2c(-c3ccc(-c4nc(-c5ccc(-c6cccc7cccnc67)cc5)nc(-c5ccc(-c6cccc7cccnc67)cc5)n4)cc3)cccc2c1. The van der Waals surface area contributed by atoms with E-state index in [4.69, 9.17) is 15.0 Å². The third kappa shape index (κ3) is 5.74. The molecular weight excluding hydrogens is 659 g/mol. The van der Waals surface area contributed by atoms with E-state index in [0.29, 0.717) is 17.5 Å². The van der Waals surface area contributed by atoms with Gasteiger partial charge in [-0.05, 0) is 45.2 Å². The Kier molecular flexibility index (Phi) is 7.73. The zero-order chi connectivity index (χ0) is 35.8. The Morgan fingerprint density at radius 1 is 0.259 bits per heavy atom. The second-order valence-corrected chi connectivity index (χ2v) is 13.3. The van der Waals surface area contributed by atoms with Crippen molar-refractivity contribution in [3.8, 4) is 67.5 Å². The molecule has 10 aromatic rings. The Hall–Kier alpha value is -7.37. The molecule has 0 spiro atoms. The van der Waals surface area contributed by atoms with Crippen LogP contribution in [0.4, 0.5) is 0 Å². The highest BCUT2D eigenvalue weighted by atomic mass is 15.0. The number of aromatic nitrogens is 5. The number of pyridine rings is 2. The van der Waals surface area contributed by atoms with Crippen LogP contribution in [0.25, 0.3) is 100 Å². The number of rotatable bonds is 6. The van der Waals surface area contributed by atoms with Gasteiger partial charge in [-0.2, -0.15) is 0 Å². The zero-order valence-corrected chi connectivity index (χ0v) is 29.1. The largest absolute Gasteiger partial charge is 0.256 e. The Balaban J connectivity index is 1.06. The molecule has 0 aliphatic rings. The Bertz CT molecular complexity index is 2620. The van der Waals surface area contributed by atoms with Crippen LogP contribution in [0.3, 0.4) is 0 Å². The summed E-state index contributed by atoms with van der Waals surface area (Å²) in [6.07, 6.45) is 3.68. The molecule has 5 heteroatoms. The van der Waals surface area contributed by atoms with Crippen molar-refractivity contribution in [2.45, 2.75) is 0 Å². The summed E-state index contributed by atoms with van der Waals surface area (Å²) < 4.78 is 0. The lowest BCUT2D eigenvalue weighted by molar-refractivity contribution is 1.07. The molecule has 0 atom stereocenters. The molecule has 0 bridgehead atoms. The van der Waals surface area contributed by atoms with E-state index >= 15 is 0 Å². The molecule has 5 nitrogen and oxygen atoms in total. The minimum absolute atomic E-state index is 0.609. The van der Waals surface area contributed by atoms with Crippen LogP contribution < -0.4 is 0 Å². The van der Waals surface area contributed by atoms with Gasteiger partial charge in [0, 0.05) is 51.0 Å². The highest BCUT2D eigenvalue weighted by molar-refractivity contribution is 5.97. The van der Waals surface area contributed by atoms with Crippen molar-refractivity contribution >= 4 is 32.6 Å². The minimum Gasteiger partial charge on any atom is -0.256 e. The van der Waals surface area contributed by atoms with E-state index in [1.165, 1.54) is 16.3 Å². The quantitative estimate of drug-likeness (QED) is 0.174. The van der Waals surface area contributed by atoms with Gasteiger partial charge < -0.3 is 0 Å². The number of para-hydroxylation sites is 2. The maximum Gasteiger partial charge on any atom is 0.164 e. The smallest absolute Gasteiger partial charge is 0.164 e. The van der Waals surface area contributed by atoms with Crippen LogP contribution in [-0.4, -0.2) is 24.9 Å². The van der Waals surface area contributed by atoms with Gasteiger partial charge in [-0.15, -0.1) is 0 Å². The van der Waals surface area contributed by atoms with E-state index in [1.54, 1.807) is 0 Å². The average molecular weight is 690 g/mol. The van der Waals surface area contributed by atoms with Gasteiger partial charge in [-0.25, -0.2) is 15.0 Å². The molecule has 54 heavy (non-hydrogen) atoms. The van der Waals surface area contributed by atoms with Crippen molar-refractivity contribution in [3.63, 3.8) is 0 Å². The van der Waals surface area contributed by atoms with E-state index < -0.39 is 0 Å². The minimum atomic E-state index is 0.609. The molecule has 7 aromatic carbocycles. The average Bonchev–Trinajstić information content (AvgIpc) is 3.26. The fraction of sp³-hybridized carbons (Fsp3) is 0. The molecular formula is C49H31N5. The van der Waals surface area contributed by atoms with Gasteiger partial charge in [-0.1, -0.05) is 164 Å². The van der Waals surface area contributed by atoms with E-state index in [-0.39, 0.29) is 0 Å². The second kappa shape index (κ2) is 13.3. The molecule has 0 aliphatic heterocycles. The van der Waals surface area contributed by atoms with Gasteiger partial charge in [-0.3, -0.25) is 9.97 Å². The fourth-order valence-corrected chi connectivity index (χ4v) is 7.31. The standard InChI is InChI=1S/C49H31N5/c1-2-14-41-32(8-1)9-3-15-42(41)33-18-24-38(25-19-33)47-52-48(39-26-20-34(21-27-39)43-16-4-10-36-12-6-30-50-45(36)43)54-49(53-47)40-28-22-35(23-29-40)44-17-5-11-37-13-7-31-51-46(37)44/h1-31H. The number of nitrogens with zero attached hydrogens (tertiary/aromatic N) is 5. The van der Waals surface area contributed by atoms with Crippen LogP contribution in [-0.2, 0) is 0 Å². The van der Waals surface area contributed by atoms with Gasteiger partial charge in [0.1, 0.15) is 0 Å². The van der Waals surface area contributed by atoms with Crippen molar-refractivity contribution in [1.82, 2.24) is 24.9 Å². The maximum absolute atomic E-state index is 5.06. The van der Waals surface area contributed by atoms with Crippen molar-refractivity contribution in [2.75, 3.05) is 0 Å². The summed E-state index contributed by atoms with van der Waals surface area (Å²) in [5.74, 6) is 1.83. The van der Waals surface area contributed by atoms with Crippen LogP contribution in [0.1, 0.15) is 0 Å². The second-order valence-electron chi connectivity index (χ2n) is 13.3. The van der Waals surface area contributed by atoms with Crippen molar-refractivity contribution < 1.29 is 0 Å². The van der Waals surface area contributed by atoms with E-state index in [2.05, 4.69) is 174 Å². The topological polar surface area (TPSA) is 64.5 Å². The first-order valence-corrected chi connectivity index (χ1v) is 18.0. The molecule has 10 rings (SSSR count). The summed E-state index contributed by atoms with van der Waals surface area (Å²) in [4.78, 5) is 24.5. The summed E-state index contributed by atoms with van der Waals surface area (Å²) in [5, 5.41) is 4.67. The van der Waals surface area contributed by atoms with Crippen LogP contribution in [0.5, 0.6) is 0 Å². The van der Waals surface area contributed by atoms with Crippen molar-refractivity contribution in [3.05, 3.63) is 188 Å². The molecule has 0 N–H and O–H groups in total. The number of fused-ring (bicyclic) bond motifs is 3. The van der Waals surface area contributed by atoms with Crippen LogP contribution in [0.15, 0.2) is 188 Å². The lowest BCUT2D eigenvalue weighted by Gasteiger charge is -2.11. The predicted octanol–water partition coefficient (Wildman–Crippen LogP) is 12.1. The summed E-state index contributed by atoms with van der Waals surface area (Å²) in [6.45, 7) is 0. The molecule has 252 valence electrons. The summed E-state index contributed by atoms with van der Waals surface area (Å²) >= 11 is 0. The van der Waals surface area contributed by atoms with Gasteiger partial charge >= 0.3 is 0 Å². The molecule has 0 saturated carbocycles. The molecule has 3 aromatic heterocycles. The van der Waals surface area contributed by atoms with Crippen molar-refractivity contribution in [1.29, 1.82) is 0 Å². The zero-order valence-electron chi connectivity index (χ0n) is 29.1. The first kappa shape index (κ1) is 31.4. The van der Waals surface area contributed by atoms with E-state index in [0.717, 1.165) is 66.3 Å². The van der Waals surface area contributed by atoms with Crippen LogP contribution >= 0.6 is 0 Å². The lowest BCUT2D eigenvalue weighted by Crippen LogP contribution is -2.00. The molecule has 0 fully saturated rings. The first-order valence-electron chi connectivity index (χ1n) is 18.0. The van der Waals surface area contributed by atoms with Gasteiger partial charge in [0.15, 0.2) is 17.5 Å². The van der Waals surface area contributed by atoms with Crippen LogP contribution in [0, 0.1) is 0 Å². The molecule has 0 unspecified atom stereocenters. The highest BCUT2D eigenvalue weighted by Gasteiger charge is 2.15. The normalized spacial score (nSPS) is 11.3. The van der Waals surface area contributed by atoms with Crippen molar-refractivity contribution in [2.24, 2.45) is 0 Å². The third-order valence-electron chi connectivity index (χ3n) is 10.1. The third-order valence-corrected chi connectivity index (χ3v) is 10.1. The number of hydrogen-bond donors (Lipinski definition) is 0. The molecule has 0 aliphatic carbocycles.